The van der Waals surface area contributed by atoms with E-state index in [9.17, 15) is 5.11 Å². The Morgan fingerprint density at radius 3 is 2.35 bits per heavy atom. The van der Waals surface area contributed by atoms with Gasteiger partial charge in [-0.15, -0.1) is 0 Å². The molecule has 0 amide bonds. The van der Waals surface area contributed by atoms with Gasteiger partial charge in [0, 0.05) is 0 Å². The second kappa shape index (κ2) is 8.43. The van der Waals surface area contributed by atoms with E-state index in [4.69, 9.17) is 13.9 Å². The summed E-state index contributed by atoms with van der Waals surface area (Å²) in [5.74, 6) is 0.254. The molecule has 0 aromatic rings. The Hall–Kier alpha value is 0.0569. The van der Waals surface area contributed by atoms with E-state index in [1.165, 1.54) is 0 Å². The minimum atomic E-state index is -1.84. The molecule has 0 aromatic heterocycles. The van der Waals surface area contributed by atoms with Gasteiger partial charge < -0.3 is 19.0 Å². The van der Waals surface area contributed by atoms with Crippen molar-refractivity contribution in [3.05, 3.63) is 0 Å². The van der Waals surface area contributed by atoms with Gasteiger partial charge in [0.15, 0.2) is 14.6 Å². The molecular weight excluding hydrogens is 308 g/mol. The van der Waals surface area contributed by atoms with Gasteiger partial charge in [0.2, 0.25) is 0 Å². The molecular formula is C18H38O4Si. The average Bonchev–Trinajstić information content (AvgIpc) is 2.40. The van der Waals surface area contributed by atoms with E-state index in [1.54, 1.807) is 0 Å². The second-order valence-corrected chi connectivity index (χ2v) is 13.5. The molecule has 1 N–H and O–H groups in total. The second-order valence-electron chi connectivity index (χ2n) is 8.78. The Kier molecular flexibility index (Phi) is 7.74. The molecule has 1 fully saturated rings. The van der Waals surface area contributed by atoms with Crippen LogP contribution in [0.5, 0.6) is 0 Å². The zero-order valence-electron chi connectivity index (χ0n) is 16.4. The highest BCUT2D eigenvalue weighted by molar-refractivity contribution is 6.74. The Morgan fingerprint density at radius 1 is 1.22 bits per heavy atom. The van der Waals surface area contributed by atoms with Gasteiger partial charge in [-0.05, 0) is 50.2 Å². The maximum Gasteiger partial charge on any atom is 0.192 e. The van der Waals surface area contributed by atoms with Crippen molar-refractivity contribution < 1.29 is 19.0 Å². The lowest BCUT2D eigenvalue weighted by Crippen LogP contribution is -2.50. The van der Waals surface area contributed by atoms with Crippen molar-refractivity contribution in [2.24, 2.45) is 5.92 Å². The van der Waals surface area contributed by atoms with Crippen LogP contribution in [0.25, 0.3) is 0 Å². The smallest absolute Gasteiger partial charge is 0.192 e. The average molecular weight is 347 g/mol. The lowest BCUT2D eigenvalue weighted by Gasteiger charge is -2.43. The summed E-state index contributed by atoms with van der Waals surface area (Å²) in [5, 5.41) is 10.1. The van der Waals surface area contributed by atoms with E-state index in [1.807, 2.05) is 13.8 Å². The van der Waals surface area contributed by atoms with Crippen LogP contribution in [0.3, 0.4) is 0 Å². The summed E-state index contributed by atoms with van der Waals surface area (Å²) < 4.78 is 18.5. The number of hydrogen-bond acceptors (Lipinski definition) is 4. The van der Waals surface area contributed by atoms with Crippen molar-refractivity contribution in [2.75, 3.05) is 6.61 Å². The number of hydrogen-bond donors (Lipinski definition) is 1. The number of rotatable bonds is 7. The van der Waals surface area contributed by atoms with E-state index in [-0.39, 0.29) is 35.6 Å². The Bertz CT molecular complexity index is 351. The lowest BCUT2D eigenvalue weighted by atomic mass is 10.1. The molecule has 0 radical (unpaired) electrons. The maximum atomic E-state index is 9.92. The van der Waals surface area contributed by atoms with Crippen LogP contribution in [0.15, 0.2) is 0 Å². The van der Waals surface area contributed by atoms with Crippen molar-refractivity contribution in [3.63, 3.8) is 0 Å². The minimum Gasteiger partial charge on any atom is -0.409 e. The monoisotopic (exact) mass is 346 g/mol. The van der Waals surface area contributed by atoms with E-state index in [2.05, 4.69) is 40.8 Å². The third-order valence-electron chi connectivity index (χ3n) is 5.25. The van der Waals surface area contributed by atoms with Crippen LogP contribution in [0.4, 0.5) is 0 Å². The van der Waals surface area contributed by atoms with Gasteiger partial charge in [-0.2, -0.15) is 0 Å². The number of aliphatic hydroxyl groups excluding tert-OH is 1. The van der Waals surface area contributed by atoms with Crippen molar-refractivity contribution >= 4 is 8.32 Å². The fourth-order valence-electron chi connectivity index (χ4n) is 2.37. The quantitative estimate of drug-likeness (QED) is 0.697. The molecule has 1 saturated heterocycles. The first-order valence-electron chi connectivity index (χ1n) is 9.07. The van der Waals surface area contributed by atoms with Crippen molar-refractivity contribution in [1.82, 2.24) is 0 Å². The van der Waals surface area contributed by atoms with Crippen LogP contribution in [0.2, 0.25) is 18.1 Å². The van der Waals surface area contributed by atoms with E-state index in [0.29, 0.717) is 13.0 Å². The molecule has 4 atom stereocenters. The van der Waals surface area contributed by atoms with Crippen LogP contribution in [0.1, 0.15) is 60.8 Å². The number of aliphatic hydroxyl groups is 1. The fraction of sp³-hybridized carbons (Fsp3) is 1.00. The molecule has 0 aromatic carbocycles. The molecule has 1 rings (SSSR count). The number of ether oxygens (including phenoxy) is 2. The first kappa shape index (κ1) is 21.1. The van der Waals surface area contributed by atoms with Crippen LogP contribution < -0.4 is 0 Å². The molecule has 0 aliphatic carbocycles. The summed E-state index contributed by atoms with van der Waals surface area (Å²) in [6, 6.07) is 0. The van der Waals surface area contributed by atoms with Gasteiger partial charge in [-0.3, -0.25) is 0 Å². The van der Waals surface area contributed by atoms with Gasteiger partial charge in [-0.25, -0.2) is 0 Å². The predicted octanol–water partition coefficient (Wildman–Crippen LogP) is 4.33. The summed E-state index contributed by atoms with van der Waals surface area (Å²) in [4.78, 5) is 0. The normalized spacial score (nSPS) is 28.2. The van der Waals surface area contributed by atoms with Crippen LogP contribution in [-0.4, -0.2) is 44.6 Å². The predicted molar refractivity (Wildman–Crippen MR) is 97.1 cm³/mol. The van der Waals surface area contributed by atoms with Gasteiger partial charge in [0.25, 0.3) is 0 Å². The zero-order chi connectivity index (χ0) is 17.8. The molecule has 138 valence electrons. The first-order chi connectivity index (χ1) is 10.4. The summed E-state index contributed by atoms with van der Waals surface area (Å²) in [6.07, 6.45) is 2.19. The Morgan fingerprint density at radius 2 is 1.83 bits per heavy atom. The molecule has 23 heavy (non-hydrogen) atoms. The topological polar surface area (TPSA) is 47.9 Å². The van der Waals surface area contributed by atoms with Gasteiger partial charge in [-0.1, -0.05) is 34.6 Å². The molecule has 0 spiro atoms. The van der Waals surface area contributed by atoms with E-state index >= 15 is 0 Å². The Balaban J connectivity index is 2.61. The van der Waals surface area contributed by atoms with Gasteiger partial charge in [0.05, 0.1) is 24.9 Å². The van der Waals surface area contributed by atoms with Crippen molar-refractivity contribution in [1.29, 1.82) is 0 Å². The molecule has 1 aliphatic heterocycles. The summed E-state index contributed by atoms with van der Waals surface area (Å²) in [5.41, 5.74) is 0. The molecule has 0 saturated carbocycles. The van der Waals surface area contributed by atoms with Gasteiger partial charge >= 0.3 is 0 Å². The molecule has 5 heteroatoms. The summed E-state index contributed by atoms with van der Waals surface area (Å²) in [7, 11) is -1.84. The van der Waals surface area contributed by atoms with Crippen molar-refractivity contribution in [3.8, 4) is 0 Å². The Labute approximate surface area is 144 Å². The fourth-order valence-corrected chi connectivity index (χ4v) is 3.71. The molecule has 1 aliphatic rings. The molecule has 1 heterocycles. The minimum absolute atomic E-state index is 0.00304. The molecule has 4 nitrogen and oxygen atoms in total. The third kappa shape index (κ3) is 6.46. The van der Waals surface area contributed by atoms with E-state index < -0.39 is 8.32 Å². The highest BCUT2D eigenvalue weighted by Crippen LogP contribution is 2.39. The largest absolute Gasteiger partial charge is 0.409 e. The first-order valence-corrected chi connectivity index (χ1v) is 12.0. The van der Waals surface area contributed by atoms with Crippen LogP contribution in [-0.2, 0) is 13.9 Å². The molecule has 0 bridgehead atoms. The van der Waals surface area contributed by atoms with Crippen molar-refractivity contribution in [2.45, 2.75) is 104 Å². The highest BCUT2D eigenvalue weighted by Gasteiger charge is 2.42. The third-order valence-corrected chi connectivity index (χ3v) is 9.75. The highest BCUT2D eigenvalue weighted by atomic mass is 28.4. The zero-order valence-corrected chi connectivity index (χ0v) is 17.4. The standard InChI is InChI=1S/C18H38O4Si/c1-13(2)15(19)11-12-20-17-16(10-9-14(3)21-17)22-23(7,8)18(4,5)6/h13-17,19H,9-12H2,1-8H3/t14-,15-,16-,17-/m0/s1. The van der Waals surface area contributed by atoms with Crippen LogP contribution >= 0.6 is 0 Å². The van der Waals surface area contributed by atoms with Crippen LogP contribution in [0, 0.1) is 5.92 Å². The SMILES string of the molecule is CC(C)[C@@H](O)CCO[C@H]1O[C@@H](C)CC[C@@H]1O[Si](C)(C)C(C)(C)C. The van der Waals surface area contributed by atoms with Gasteiger partial charge in [0.1, 0.15) is 0 Å². The maximum absolute atomic E-state index is 9.92. The summed E-state index contributed by atoms with van der Waals surface area (Å²) >= 11 is 0. The van der Waals surface area contributed by atoms with E-state index in [0.717, 1.165) is 12.8 Å². The summed E-state index contributed by atoms with van der Waals surface area (Å²) in [6.45, 7) is 17.9. The lowest BCUT2D eigenvalue weighted by molar-refractivity contribution is -0.234. The molecule has 0 unspecified atom stereocenters.